The number of nitrogens with one attached hydrogen (secondary N) is 1. The van der Waals surface area contributed by atoms with E-state index in [2.05, 4.69) is 5.32 Å². The number of ketones is 1. The first-order valence-electron chi connectivity index (χ1n) is 6.66. The molecule has 1 unspecified atom stereocenters. The van der Waals surface area contributed by atoms with Gasteiger partial charge in [0.15, 0.2) is 0 Å². The lowest BCUT2D eigenvalue weighted by molar-refractivity contribution is -0.385. The summed E-state index contributed by atoms with van der Waals surface area (Å²) in [6.07, 6.45) is 0.504. The van der Waals surface area contributed by atoms with Gasteiger partial charge in [-0.25, -0.2) is 0 Å². The van der Waals surface area contributed by atoms with Crippen LogP contribution in [0.15, 0.2) is 24.3 Å². The van der Waals surface area contributed by atoms with Crippen LogP contribution in [-0.4, -0.2) is 29.0 Å². The predicted octanol–water partition coefficient (Wildman–Crippen LogP) is 2.79. The number of likely N-dealkylation sites (N-methyl/N-ethyl adjacent to an activating group) is 1. The van der Waals surface area contributed by atoms with Gasteiger partial charge in [-0.2, -0.15) is 11.8 Å². The van der Waals surface area contributed by atoms with Gasteiger partial charge < -0.3 is 5.32 Å². The van der Waals surface area contributed by atoms with Crippen LogP contribution in [0.5, 0.6) is 0 Å². The second-order valence-corrected chi connectivity index (χ2v) is 5.36. The van der Waals surface area contributed by atoms with Crippen LogP contribution < -0.4 is 5.32 Å². The molecule has 0 saturated heterocycles. The molecule has 0 fully saturated rings. The van der Waals surface area contributed by atoms with E-state index in [1.165, 1.54) is 6.07 Å². The van der Waals surface area contributed by atoms with E-state index in [0.717, 1.165) is 6.54 Å². The number of nitrogens with zero attached hydrogens (tertiary/aromatic N) is 1. The van der Waals surface area contributed by atoms with Crippen molar-refractivity contribution in [3.05, 3.63) is 39.9 Å². The number of Topliss-reactive ketones (excluding diaryl/α,β-unsaturated/α-hetero) is 1. The maximum Gasteiger partial charge on any atom is 0.273 e. The third-order valence-corrected chi connectivity index (χ3v) is 4.00. The molecule has 1 N–H and O–H groups in total. The predicted molar refractivity (Wildman–Crippen MR) is 82.0 cm³/mol. The summed E-state index contributed by atoms with van der Waals surface area (Å²) in [5.41, 5.74) is 0.837. The Kier molecular flexibility index (Phi) is 7.25. The summed E-state index contributed by atoms with van der Waals surface area (Å²) >= 11 is 1.54. The Balaban J connectivity index is 2.59. The van der Waals surface area contributed by atoms with Gasteiger partial charge in [-0.3, -0.25) is 14.9 Å². The van der Waals surface area contributed by atoms with Crippen LogP contribution in [0.4, 0.5) is 5.69 Å². The highest BCUT2D eigenvalue weighted by atomic mass is 32.2. The average Bonchev–Trinajstić information content (AvgIpc) is 2.45. The molecule has 110 valence electrons. The second-order valence-electron chi connectivity index (χ2n) is 4.33. The highest BCUT2D eigenvalue weighted by Crippen LogP contribution is 2.23. The van der Waals surface area contributed by atoms with Gasteiger partial charge in [-0.15, -0.1) is 0 Å². The lowest BCUT2D eigenvalue weighted by atomic mass is 10.2. The van der Waals surface area contributed by atoms with Crippen molar-refractivity contribution in [2.45, 2.75) is 32.1 Å². The zero-order valence-electron chi connectivity index (χ0n) is 11.8. The Bertz CT molecular complexity index is 465. The van der Waals surface area contributed by atoms with Gasteiger partial charge in [0.05, 0.1) is 11.0 Å². The molecular formula is C14H20N2O3S. The maximum absolute atomic E-state index is 11.7. The average molecular weight is 296 g/mol. The molecule has 1 rings (SSSR count). The van der Waals surface area contributed by atoms with E-state index in [9.17, 15) is 14.9 Å². The lowest BCUT2D eigenvalue weighted by Crippen LogP contribution is -2.38. The molecular weight excluding hydrogens is 276 g/mol. The summed E-state index contributed by atoms with van der Waals surface area (Å²) in [4.78, 5) is 22.3. The quantitative estimate of drug-likeness (QED) is 0.560. The topological polar surface area (TPSA) is 72.2 Å². The summed E-state index contributed by atoms with van der Waals surface area (Å²) in [5, 5.41) is 14.1. The molecule has 0 aromatic heterocycles. The Morgan fingerprint density at radius 3 is 2.70 bits per heavy atom. The first kappa shape index (κ1) is 16.7. The fourth-order valence-corrected chi connectivity index (χ4v) is 2.98. The lowest BCUT2D eigenvalue weighted by Gasteiger charge is -2.15. The zero-order chi connectivity index (χ0) is 15.0. The van der Waals surface area contributed by atoms with Crippen molar-refractivity contribution >= 4 is 23.2 Å². The van der Waals surface area contributed by atoms with E-state index < -0.39 is 0 Å². The number of benzene rings is 1. The number of hydrogen-bond acceptors (Lipinski definition) is 5. The fourth-order valence-electron chi connectivity index (χ4n) is 1.86. The summed E-state index contributed by atoms with van der Waals surface area (Å²) in [6.45, 7) is 4.55. The molecule has 0 amide bonds. The van der Waals surface area contributed by atoms with E-state index in [1.807, 2.05) is 13.8 Å². The standard InChI is InChI=1S/C14H20N2O3S/c1-3-14(17)12(15-4-2)10-20-9-11-7-5-6-8-13(11)16(18)19/h5-8,12,15H,3-4,9-10H2,1-2H3. The van der Waals surface area contributed by atoms with E-state index >= 15 is 0 Å². The first-order chi connectivity index (χ1) is 9.60. The highest BCUT2D eigenvalue weighted by Gasteiger charge is 2.17. The molecule has 5 nitrogen and oxygen atoms in total. The highest BCUT2D eigenvalue weighted by molar-refractivity contribution is 7.98. The largest absolute Gasteiger partial charge is 0.307 e. The molecule has 20 heavy (non-hydrogen) atoms. The van der Waals surface area contributed by atoms with E-state index in [4.69, 9.17) is 0 Å². The molecule has 6 heteroatoms. The van der Waals surface area contributed by atoms with Crippen molar-refractivity contribution < 1.29 is 9.72 Å². The SMILES string of the molecule is CCNC(CSCc1ccccc1[N+](=O)[O-])C(=O)CC. The third kappa shape index (κ3) is 4.94. The summed E-state index contributed by atoms with van der Waals surface area (Å²) in [6, 6.07) is 6.55. The van der Waals surface area contributed by atoms with Crippen molar-refractivity contribution in [2.75, 3.05) is 12.3 Å². The minimum atomic E-state index is -0.366. The van der Waals surface area contributed by atoms with Crippen molar-refractivity contribution in [3.8, 4) is 0 Å². The van der Waals surface area contributed by atoms with Gasteiger partial charge in [-0.1, -0.05) is 32.0 Å². The maximum atomic E-state index is 11.7. The molecule has 1 aromatic rings. The Labute approximate surface area is 123 Å². The van der Waals surface area contributed by atoms with Crippen molar-refractivity contribution in [3.63, 3.8) is 0 Å². The molecule has 0 radical (unpaired) electrons. The zero-order valence-corrected chi connectivity index (χ0v) is 12.6. The molecule has 0 aliphatic heterocycles. The number of carbonyl (C=O) groups is 1. The Morgan fingerprint density at radius 2 is 2.10 bits per heavy atom. The van der Waals surface area contributed by atoms with Gasteiger partial charge in [-0.05, 0) is 6.54 Å². The number of thioether (sulfide) groups is 1. The minimum absolute atomic E-state index is 0.141. The third-order valence-electron chi connectivity index (χ3n) is 2.92. The van der Waals surface area contributed by atoms with Crippen molar-refractivity contribution in [2.24, 2.45) is 0 Å². The number of nitro groups is 1. The number of para-hydroxylation sites is 1. The van der Waals surface area contributed by atoms with Crippen molar-refractivity contribution in [1.29, 1.82) is 0 Å². The number of carbonyl (C=O) groups excluding carboxylic acids is 1. The molecule has 0 aliphatic carbocycles. The molecule has 0 bridgehead atoms. The van der Waals surface area contributed by atoms with Crippen molar-refractivity contribution in [1.82, 2.24) is 5.32 Å². The summed E-state index contributed by atoms with van der Waals surface area (Å²) in [5.74, 6) is 1.35. The molecule has 0 heterocycles. The fraction of sp³-hybridized carbons (Fsp3) is 0.500. The van der Waals surface area contributed by atoms with Crippen LogP contribution >= 0.6 is 11.8 Å². The van der Waals surface area contributed by atoms with Crippen LogP contribution in [0.25, 0.3) is 0 Å². The Morgan fingerprint density at radius 1 is 1.40 bits per heavy atom. The minimum Gasteiger partial charge on any atom is -0.307 e. The van der Waals surface area contributed by atoms with Gasteiger partial charge in [0.2, 0.25) is 0 Å². The Hall–Kier alpha value is -1.40. The summed E-state index contributed by atoms with van der Waals surface area (Å²) in [7, 11) is 0. The smallest absolute Gasteiger partial charge is 0.273 e. The van der Waals surface area contributed by atoms with Crippen LogP contribution in [-0.2, 0) is 10.5 Å². The van der Waals surface area contributed by atoms with Crippen LogP contribution in [0.3, 0.4) is 0 Å². The second kappa shape index (κ2) is 8.71. The molecule has 1 aromatic carbocycles. The molecule has 0 aliphatic rings. The van der Waals surface area contributed by atoms with E-state index in [0.29, 0.717) is 23.5 Å². The van der Waals surface area contributed by atoms with Crippen LogP contribution in [0.2, 0.25) is 0 Å². The number of hydrogen-bond donors (Lipinski definition) is 1. The van der Waals surface area contributed by atoms with Gasteiger partial charge >= 0.3 is 0 Å². The van der Waals surface area contributed by atoms with E-state index in [1.54, 1.807) is 30.0 Å². The van der Waals surface area contributed by atoms with Gasteiger partial charge in [0.25, 0.3) is 5.69 Å². The monoisotopic (exact) mass is 296 g/mol. The first-order valence-corrected chi connectivity index (χ1v) is 7.81. The number of rotatable bonds is 9. The normalized spacial score (nSPS) is 12.1. The van der Waals surface area contributed by atoms with Crippen LogP contribution in [0.1, 0.15) is 25.8 Å². The molecule has 0 spiro atoms. The van der Waals surface area contributed by atoms with Gasteiger partial charge in [0.1, 0.15) is 5.78 Å². The molecule has 1 atom stereocenters. The summed E-state index contributed by atoms with van der Waals surface area (Å²) < 4.78 is 0. The van der Waals surface area contributed by atoms with Gasteiger partial charge in [0, 0.05) is 29.6 Å². The van der Waals surface area contributed by atoms with Crippen LogP contribution in [0, 0.1) is 10.1 Å². The molecule has 0 saturated carbocycles. The number of nitro benzene ring substituents is 1. The van der Waals surface area contributed by atoms with E-state index in [-0.39, 0.29) is 22.4 Å².